The minimum absolute atomic E-state index is 0.0546. The number of cyclic esters (lactones) is 1. The molecule has 6 nitrogen and oxygen atoms in total. The summed E-state index contributed by atoms with van der Waals surface area (Å²) in [5.74, 6) is 0.0568. The van der Waals surface area contributed by atoms with Crippen LogP contribution in [0.2, 0.25) is 0 Å². The average Bonchev–Trinajstić information content (AvgIpc) is 3.27. The summed E-state index contributed by atoms with van der Waals surface area (Å²) < 4.78 is 92.9. The van der Waals surface area contributed by atoms with Gasteiger partial charge in [0.2, 0.25) is 5.91 Å². The number of alkyl halides is 6. The molecule has 1 aliphatic carbocycles. The van der Waals surface area contributed by atoms with E-state index in [4.69, 9.17) is 15.2 Å². The lowest BCUT2D eigenvalue weighted by Crippen LogP contribution is -2.35. The van der Waals surface area contributed by atoms with Gasteiger partial charge in [-0.3, -0.25) is 9.69 Å². The molecule has 5 rings (SSSR count). The van der Waals surface area contributed by atoms with Gasteiger partial charge >= 0.3 is 18.4 Å². The predicted molar refractivity (Wildman–Crippen MR) is 168 cm³/mol. The van der Waals surface area contributed by atoms with Crippen LogP contribution in [0.25, 0.3) is 16.7 Å². The van der Waals surface area contributed by atoms with Gasteiger partial charge in [0.15, 0.2) is 0 Å². The highest BCUT2D eigenvalue weighted by atomic mass is 19.4. The summed E-state index contributed by atoms with van der Waals surface area (Å²) >= 11 is 0. The van der Waals surface area contributed by atoms with E-state index in [1.807, 2.05) is 31.2 Å². The average molecular weight is 675 g/mol. The Hall–Kier alpha value is -4.48. The van der Waals surface area contributed by atoms with Crippen molar-refractivity contribution >= 4 is 17.6 Å². The first kappa shape index (κ1) is 34.8. The number of amides is 2. The number of halogens is 6. The first-order valence-electron chi connectivity index (χ1n) is 15.4. The third kappa shape index (κ3) is 7.02. The molecule has 1 aliphatic heterocycles. The molecule has 1 saturated heterocycles. The van der Waals surface area contributed by atoms with E-state index in [9.17, 15) is 35.9 Å². The molecule has 1 heterocycles. The van der Waals surface area contributed by atoms with Gasteiger partial charge in [0.25, 0.3) is 0 Å². The molecule has 0 spiro atoms. The minimum atomic E-state index is -5.04. The van der Waals surface area contributed by atoms with Crippen LogP contribution >= 0.6 is 0 Å². The van der Waals surface area contributed by atoms with E-state index in [-0.39, 0.29) is 23.6 Å². The maximum Gasteiger partial charge on any atom is 0.416 e. The Morgan fingerprint density at radius 1 is 0.979 bits per heavy atom. The summed E-state index contributed by atoms with van der Waals surface area (Å²) in [6.45, 7) is 7.67. The number of hydrogen-bond acceptors (Lipinski definition) is 4. The summed E-state index contributed by atoms with van der Waals surface area (Å²) in [4.78, 5) is 26.3. The Bertz CT molecular complexity index is 1760. The van der Waals surface area contributed by atoms with Gasteiger partial charge in [-0.15, -0.1) is 0 Å². The second-order valence-corrected chi connectivity index (χ2v) is 13.2. The first-order chi connectivity index (χ1) is 22.3. The fraction of sp³-hybridized carbons (Fsp3) is 0.389. The van der Waals surface area contributed by atoms with E-state index < -0.39 is 47.6 Å². The molecule has 2 N–H and O–H groups in total. The van der Waals surface area contributed by atoms with Gasteiger partial charge in [-0.05, 0) is 114 Å². The molecule has 0 radical (unpaired) electrons. The van der Waals surface area contributed by atoms with Gasteiger partial charge in [0.05, 0.1) is 24.3 Å². The Labute approximate surface area is 274 Å². The Morgan fingerprint density at radius 3 is 2.19 bits per heavy atom. The van der Waals surface area contributed by atoms with Crippen molar-refractivity contribution in [2.75, 3.05) is 13.7 Å². The molecular formula is C36H36F6N2O4. The van der Waals surface area contributed by atoms with Crippen molar-refractivity contribution in [1.82, 2.24) is 4.90 Å². The van der Waals surface area contributed by atoms with Crippen LogP contribution in [-0.4, -0.2) is 36.6 Å². The lowest BCUT2D eigenvalue weighted by Gasteiger charge is -2.36. The van der Waals surface area contributed by atoms with Crippen molar-refractivity contribution in [2.45, 2.75) is 71.5 Å². The van der Waals surface area contributed by atoms with Crippen LogP contribution in [0, 0.1) is 12.3 Å². The maximum atomic E-state index is 13.6. The van der Waals surface area contributed by atoms with Gasteiger partial charge in [0.1, 0.15) is 11.9 Å². The van der Waals surface area contributed by atoms with E-state index >= 15 is 0 Å². The number of aryl methyl sites for hydroxylation is 1. The van der Waals surface area contributed by atoms with E-state index in [0.29, 0.717) is 36.3 Å². The van der Waals surface area contributed by atoms with Crippen molar-refractivity contribution < 1.29 is 45.4 Å². The van der Waals surface area contributed by atoms with E-state index in [1.54, 1.807) is 26.2 Å². The monoisotopic (exact) mass is 674 g/mol. The highest BCUT2D eigenvalue weighted by Gasteiger charge is 2.44. The zero-order chi connectivity index (χ0) is 35.3. The number of carbonyl (C=O) groups is 2. The molecule has 2 aliphatic rings. The highest BCUT2D eigenvalue weighted by Crippen LogP contribution is 2.47. The molecule has 1 fully saturated rings. The number of nitrogens with two attached hydrogens (primary N) is 1. The molecule has 0 saturated carbocycles. The van der Waals surface area contributed by atoms with Gasteiger partial charge in [-0.1, -0.05) is 26.0 Å². The number of carbonyl (C=O) groups excluding carboxylic acids is 2. The van der Waals surface area contributed by atoms with Gasteiger partial charge in [0, 0.05) is 17.7 Å². The molecule has 2 atom stereocenters. The molecule has 12 heteroatoms. The van der Waals surface area contributed by atoms with Crippen molar-refractivity contribution in [3.63, 3.8) is 0 Å². The zero-order valence-corrected chi connectivity index (χ0v) is 27.1. The second-order valence-electron chi connectivity index (χ2n) is 13.2. The number of allylic oxidation sites excluding steroid dienone is 1. The third-order valence-corrected chi connectivity index (χ3v) is 9.21. The van der Waals surface area contributed by atoms with Crippen LogP contribution in [0.15, 0.2) is 60.2 Å². The SMILES string of the molecule is COc1ccc(-c2ccc(C(N)=O)cc2C)cc1C1=C(CN2C(=O)O[C@H](c3cc(C(F)(F)F)cc(C(F)(F)F)c3)[C@@H]2C)CC(C)(C)CC1. The molecule has 0 unspecified atom stereocenters. The largest absolute Gasteiger partial charge is 0.496 e. The fourth-order valence-corrected chi connectivity index (χ4v) is 6.65. The number of benzene rings is 3. The summed E-state index contributed by atoms with van der Waals surface area (Å²) in [5, 5.41) is 0. The first-order valence-corrected chi connectivity index (χ1v) is 15.4. The van der Waals surface area contributed by atoms with Crippen LogP contribution in [0.3, 0.4) is 0 Å². The van der Waals surface area contributed by atoms with E-state index in [1.165, 1.54) is 4.90 Å². The predicted octanol–water partition coefficient (Wildman–Crippen LogP) is 9.35. The zero-order valence-electron chi connectivity index (χ0n) is 27.1. The van der Waals surface area contributed by atoms with Crippen LogP contribution in [0.4, 0.5) is 31.1 Å². The lowest BCUT2D eigenvalue weighted by molar-refractivity contribution is -0.143. The standard InChI is InChI=1S/C36H36F6N2O4/c1-19-12-22(32(43)45)6-8-27(19)21-7-9-30(47-5)29(15-21)28-10-11-34(3,4)17-24(28)18-44-20(2)31(48-33(44)46)23-13-25(35(37,38)39)16-26(14-23)36(40,41)42/h6-9,12-16,20,31H,10-11,17-18H2,1-5H3,(H2,43,45)/t20-,31-/m0/s1. The Balaban J connectivity index is 1.55. The number of rotatable bonds is 7. The third-order valence-electron chi connectivity index (χ3n) is 9.21. The van der Waals surface area contributed by atoms with Crippen LogP contribution in [0.5, 0.6) is 5.75 Å². The number of methoxy groups -OCH3 is 1. The number of nitrogens with zero attached hydrogens (tertiary/aromatic N) is 1. The molecular weight excluding hydrogens is 638 g/mol. The Kier molecular flexibility index (Phi) is 9.09. The van der Waals surface area contributed by atoms with Crippen LogP contribution in [0.1, 0.15) is 84.3 Å². The topological polar surface area (TPSA) is 81.9 Å². The molecule has 2 amide bonds. The molecule has 256 valence electrons. The summed E-state index contributed by atoms with van der Waals surface area (Å²) in [6.07, 6.45) is -10.2. The molecule has 0 aromatic heterocycles. The van der Waals surface area contributed by atoms with Gasteiger partial charge in [-0.2, -0.15) is 26.3 Å². The second kappa shape index (κ2) is 12.5. The van der Waals surface area contributed by atoms with E-state index in [0.717, 1.165) is 39.8 Å². The quantitative estimate of drug-likeness (QED) is 0.253. The van der Waals surface area contributed by atoms with Crippen molar-refractivity contribution in [3.8, 4) is 16.9 Å². The maximum absolute atomic E-state index is 13.6. The summed E-state index contributed by atoms with van der Waals surface area (Å²) in [7, 11) is 1.55. The lowest BCUT2D eigenvalue weighted by atomic mass is 9.72. The number of ether oxygens (including phenoxy) is 2. The van der Waals surface area contributed by atoms with Gasteiger partial charge in [-0.25, -0.2) is 4.79 Å². The minimum Gasteiger partial charge on any atom is -0.496 e. The molecule has 3 aromatic carbocycles. The summed E-state index contributed by atoms with van der Waals surface area (Å²) in [5.41, 5.74) is 7.53. The highest BCUT2D eigenvalue weighted by molar-refractivity contribution is 5.94. The Morgan fingerprint density at radius 2 is 1.62 bits per heavy atom. The van der Waals surface area contributed by atoms with Crippen LogP contribution < -0.4 is 10.5 Å². The molecule has 48 heavy (non-hydrogen) atoms. The van der Waals surface area contributed by atoms with Gasteiger partial charge < -0.3 is 15.2 Å². The van der Waals surface area contributed by atoms with Crippen LogP contribution in [-0.2, 0) is 17.1 Å². The van der Waals surface area contributed by atoms with Crippen molar-refractivity contribution in [1.29, 1.82) is 0 Å². The van der Waals surface area contributed by atoms with E-state index in [2.05, 4.69) is 13.8 Å². The number of primary amides is 1. The summed E-state index contributed by atoms with van der Waals surface area (Å²) in [6, 6.07) is 11.3. The molecule has 0 bridgehead atoms. The fourth-order valence-electron chi connectivity index (χ4n) is 6.65. The normalized spacial score (nSPS) is 19.8. The van der Waals surface area contributed by atoms with Crippen molar-refractivity contribution in [2.24, 2.45) is 11.1 Å². The molecule has 3 aromatic rings. The van der Waals surface area contributed by atoms with Crippen molar-refractivity contribution in [3.05, 3.63) is 93.6 Å². The number of hydrogen-bond donors (Lipinski definition) is 1. The smallest absolute Gasteiger partial charge is 0.416 e.